The van der Waals surface area contributed by atoms with Crippen molar-refractivity contribution < 1.29 is 9.59 Å². The van der Waals surface area contributed by atoms with E-state index in [1.54, 1.807) is 55.7 Å². The van der Waals surface area contributed by atoms with Gasteiger partial charge in [0.05, 0.1) is 5.69 Å². The second-order valence-electron chi connectivity index (χ2n) is 4.77. The zero-order chi connectivity index (χ0) is 14.2. The van der Waals surface area contributed by atoms with E-state index in [1.165, 1.54) is 4.90 Å². The molecule has 0 spiro atoms. The molecule has 5 nitrogen and oxygen atoms in total. The second kappa shape index (κ2) is 4.45. The van der Waals surface area contributed by atoms with Crippen LogP contribution in [0, 0.1) is 0 Å². The molecular formula is C15H13N3O2. The van der Waals surface area contributed by atoms with E-state index in [4.69, 9.17) is 0 Å². The fraction of sp³-hybridized carbons (Fsp3) is 0.133. The first-order valence-electron chi connectivity index (χ1n) is 6.25. The molecule has 0 radical (unpaired) electrons. The van der Waals surface area contributed by atoms with Gasteiger partial charge in [0.1, 0.15) is 5.54 Å². The van der Waals surface area contributed by atoms with Gasteiger partial charge in [0.25, 0.3) is 5.91 Å². The molecule has 1 saturated heterocycles. The third-order valence-corrected chi connectivity index (χ3v) is 3.46. The number of nitrogens with zero attached hydrogens (tertiary/aromatic N) is 2. The minimum atomic E-state index is -1.06. The van der Waals surface area contributed by atoms with Crippen LogP contribution >= 0.6 is 0 Å². The average molecular weight is 267 g/mol. The number of hydrogen-bond acceptors (Lipinski definition) is 3. The van der Waals surface area contributed by atoms with Gasteiger partial charge in [-0.25, -0.2) is 9.69 Å². The molecule has 2 aromatic rings. The average Bonchev–Trinajstić information content (AvgIpc) is 2.72. The number of carbonyl (C=O) groups excluding carboxylic acids is 2. The molecule has 1 aromatic heterocycles. The summed E-state index contributed by atoms with van der Waals surface area (Å²) in [6.07, 6.45) is 3.20. The van der Waals surface area contributed by atoms with Crippen LogP contribution in [0.4, 0.5) is 10.5 Å². The molecule has 0 saturated carbocycles. The highest BCUT2D eigenvalue weighted by molar-refractivity contribution is 6.23. The predicted octanol–water partition coefficient (Wildman–Crippen LogP) is 2.05. The maximum absolute atomic E-state index is 12.7. The Labute approximate surface area is 116 Å². The van der Waals surface area contributed by atoms with Gasteiger partial charge < -0.3 is 5.32 Å². The van der Waals surface area contributed by atoms with Crippen LogP contribution < -0.4 is 10.2 Å². The van der Waals surface area contributed by atoms with E-state index in [1.807, 2.05) is 6.07 Å². The van der Waals surface area contributed by atoms with Crippen LogP contribution in [0.15, 0.2) is 54.9 Å². The van der Waals surface area contributed by atoms with Crippen LogP contribution in [-0.4, -0.2) is 16.9 Å². The molecule has 1 fully saturated rings. The molecule has 3 amide bonds. The second-order valence-corrected chi connectivity index (χ2v) is 4.77. The number of pyridine rings is 1. The Hall–Kier alpha value is -2.69. The van der Waals surface area contributed by atoms with Crippen LogP contribution in [0.2, 0.25) is 0 Å². The first kappa shape index (κ1) is 12.3. The van der Waals surface area contributed by atoms with Gasteiger partial charge in [0.15, 0.2) is 0 Å². The van der Waals surface area contributed by atoms with Gasteiger partial charge in [-0.05, 0) is 36.8 Å². The number of nitrogens with one attached hydrogen (secondary N) is 1. The number of rotatable bonds is 2. The highest BCUT2D eigenvalue weighted by Gasteiger charge is 2.49. The minimum Gasteiger partial charge on any atom is -0.319 e. The number of aromatic nitrogens is 1. The number of urea groups is 1. The Kier molecular flexibility index (Phi) is 2.75. The van der Waals surface area contributed by atoms with Crippen LogP contribution in [0.3, 0.4) is 0 Å². The van der Waals surface area contributed by atoms with E-state index in [9.17, 15) is 9.59 Å². The molecule has 1 aromatic carbocycles. The Morgan fingerprint density at radius 1 is 1.05 bits per heavy atom. The Balaban J connectivity index is 2.03. The van der Waals surface area contributed by atoms with Crippen LogP contribution in [-0.2, 0) is 10.3 Å². The Bertz CT molecular complexity index is 657. The molecule has 1 unspecified atom stereocenters. The zero-order valence-corrected chi connectivity index (χ0v) is 10.9. The lowest BCUT2D eigenvalue weighted by atomic mass is 9.93. The topological polar surface area (TPSA) is 62.3 Å². The number of imide groups is 1. The van der Waals surface area contributed by atoms with Crippen molar-refractivity contribution in [3.63, 3.8) is 0 Å². The number of carbonyl (C=O) groups is 2. The lowest BCUT2D eigenvalue weighted by Gasteiger charge is -2.21. The SMILES string of the molecule is CC1(c2ccncc2)NC(=O)N(c2ccccc2)C1=O. The van der Waals surface area contributed by atoms with Crippen molar-refractivity contribution >= 4 is 17.6 Å². The molecule has 1 aliphatic heterocycles. The first-order valence-corrected chi connectivity index (χ1v) is 6.25. The number of benzene rings is 1. The zero-order valence-electron chi connectivity index (χ0n) is 10.9. The lowest BCUT2D eigenvalue weighted by Crippen LogP contribution is -2.40. The van der Waals surface area contributed by atoms with E-state index < -0.39 is 11.6 Å². The summed E-state index contributed by atoms with van der Waals surface area (Å²) in [5.41, 5.74) is 0.215. The Morgan fingerprint density at radius 2 is 1.70 bits per heavy atom. The first-order chi connectivity index (χ1) is 9.63. The quantitative estimate of drug-likeness (QED) is 0.847. The maximum atomic E-state index is 12.7. The molecule has 3 rings (SSSR count). The normalized spacial score (nSPS) is 21.9. The number of anilines is 1. The maximum Gasteiger partial charge on any atom is 0.329 e. The van der Waals surface area contributed by atoms with Gasteiger partial charge >= 0.3 is 6.03 Å². The smallest absolute Gasteiger partial charge is 0.319 e. The monoisotopic (exact) mass is 267 g/mol. The molecule has 0 bridgehead atoms. The van der Waals surface area contributed by atoms with Crippen molar-refractivity contribution in [3.8, 4) is 0 Å². The summed E-state index contributed by atoms with van der Waals surface area (Å²) in [4.78, 5) is 29.9. The summed E-state index contributed by atoms with van der Waals surface area (Å²) in [7, 11) is 0. The molecule has 5 heteroatoms. The number of para-hydroxylation sites is 1. The van der Waals surface area contributed by atoms with Crippen LogP contribution in [0.1, 0.15) is 12.5 Å². The van der Waals surface area contributed by atoms with E-state index in [0.717, 1.165) is 0 Å². The third-order valence-electron chi connectivity index (χ3n) is 3.46. The van der Waals surface area contributed by atoms with Crippen LogP contribution in [0.5, 0.6) is 0 Å². The van der Waals surface area contributed by atoms with E-state index >= 15 is 0 Å². The summed E-state index contributed by atoms with van der Waals surface area (Å²) in [6, 6.07) is 11.9. The fourth-order valence-electron chi connectivity index (χ4n) is 2.33. The summed E-state index contributed by atoms with van der Waals surface area (Å²) in [5.74, 6) is -0.292. The van der Waals surface area contributed by atoms with Crippen molar-refractivity contribution in [2.75, 3.05) is 4.90 Å². The summed E-state index contributed by atoms with van der Waals surface area (Å²) >= 11 is 0. The van der Waals surface area contributed by atoms with Gasteiger partial charge in [-0.3, -0.25) is 9.78 Å². The molecule has 1 N–H and O–H groups in total. The van der Waals surface area contributed by atoms with Gasteiger partial charge in [-0.2, -0.15) is 0 Å². The molecule has 1 aliphatic rings. The molecule has 2 heterocycles. The predicted molar refractivity (Wildman–Crippen MR) is 74.0 cm³/mol. The largest absolute Gasteiger partial charge is 0.329 e. The standard InChI is InChI=1S/C15H13N3O2/c1-15(11-7-9-16-10-8-11)13(19)18(14(20)17-15)12-5-3-2-4-6-12/h2-10H,1H3,(H,17,20). The highest BCUT2D eigenvalue weighted by Crippen LogP contribution is 2.31. The third kappa shape index (κ3) is 1.75. The van der Waals surface area contributed by atoms with Gasteiger partial charge in [-0.15, -0.1) is 0 Å². The molecule has 0 aliphatic carbocycles. The molecule has 20 heavy (non-hydrogen) atoms. The van der Waals surface area contributed by atoms with Gasteiger partial charge in [-0.1, -0.05) is 18.2 Å². The van der Waals surface area contributed by atoms with Crippen molar-refractivity contribution in [1.29, 1.82) is 0 Å². The van der Waals surface area contributed by atoms with Crippen molar-refractivity contribution in [1.82, 2.24) is 10.3 Å². The summed E-state index contributed by atoms with van der Waals surface area (Å²) in [6.45, 7) is 1.70. The molecule has 100 valence electrons. The van der Waals surface area contributed by atoms with E-state index in [2.05, 4.69) is 10.3 Å². The van der Waals surface area contributed by atoms with Crippen LogP contribution in [0.25, 0.3) is 0 Å². The number of hydrogen-bond donors (Lipinski definition) is 1. The minimum absolute atomic E-state index is 0.292. The van der Waals surface area contributed by atoms with Crippen molar-refractivity contribution in [2.24, 2.45) is 0 Å². The lowest BCUT2D eigenvalue weighted by molar-refractivity contribution is -0.121. The highest BCUT2D eigenvalue weighted by atomic mass is 16.2. The number of amides is 3. The fourth-order valence-corrected chi connectivity index (χ4v) is 2.33. The molecule has 1 atom stereocenters. The summed E-state index contributed by atoms with van der Waals surface area (Å²) < 4.78 is 0. The van der Waals surface area contributed by atoms with E-state index in [-0.39, 0.29) is 5.91 Å². The molecular weight excluding hydrogens is 254 g/mol. The Morgan fingerprint density at radius 3 is 2.35 bits per heavy atom. The summed E-state index contributed by atoms with van der Waals surface area (Å²) in [5, 5.41) is 2.75. The van der Waals surface area contributed by atoms with Gasteiger partial charge in [0.2, 0.25) is 0 Å². The van der Waals surface area contributed by atoms with Crippen molar-refractivity contribution in [2.45, 2.75) is 12.5 Å². The van der Waals surface area contributed by atoms with E-state index in [0.29, 0.717) is 11.3 Å². The van der Waals surface area contributed by atoms with Gasteiger partial charge in [0, 0.05) is 12.4 Å². The van der Waals surface area contributed by atoms with Crippen molar-refractivity contribution in [3.05, 3.63) is 60.4 Å².